The number of nitrogens with one attached hydrogen (secondary N) is 2. The minimum atomic E-state index is -2.73. The van der Waals surface area contributed by atoms with E-state index >= 15 is 4.39 Å². The Balaban J connectivity index is 1.16. The van der Waals surface area contributed by atoms with Crippen LogP contribution in [0.2, 0.25) is 5.02 Å². The number of carbonyl (C=O) groups is 2. The molecule has 53 heavy (non-hydrogen) atoms. The average Bonchev–Trinajstić information content (AvgIpc) is 3.71. The Hall–Kier alpha value is -4.16. The van der Waals surface area contributed by atoms with Gasteiger partial charge >= 0.3 is 0 Å². The van der Waals surface area contributed by atoms with Crippen molar-refractivity contribution in [3.63, 3.8) is 0 Å². The van der Waals surface area contributed by atoms with E-state index in [-0.39, 0.29) is 58.5 Å². The van der Waals surface area contributed by atoms with E-state index in [1.807, 2.05) is 61.4 Å². The zero-order valence-electron chi connectivity index (χ0n) is 30.7. The Bertz CT molecular complexity index is 2130. The number of alkyl halides is 2. The molecule has 13 heteroatoms. The molecule has 280 valence electrons. The van der Waals surface area contributed by atoms with Crippen LogP contribution in [0.1, 0.15) is 102 Å². The first-order chi connectivity index (χ1) is 25.1. The SMILES string of the molecule is CC(C)n1cnc2cc(-c3ccc4c(c3)N(C3CC(C)(N5CCCCC5)C3)C(=O)C4(C)C)nc(Nc3cc(C(=O)NC4(C(F)F)CC4)c(Cl)cc3F)c21. The molecule has 2 amide bonds. The lowest BCUT2D eigenvalue weighted by molar-refractivity contribution is -0.123. The second-order valence-electron chi connectivity index (χ2n) is 16.5. The third-order valence-corrected chi connectivity index (χ3v) is 12.4. The van der Waals surface area contributed by atoms with E-state index in [0.29, 0.717) is 16.7 Å². The zero-order chi connectivity index (χ0) is 37.6. The van der Waals surface area contributed by atoms with Crippen molar-refractivity contribution >= 4 is 51.6 Å². The Kier molecular flexibility index (Phi) is 8.60. The van der Waals surface area contributed by atoms with Crippen molar-refractivity contribution in [3.8, 4) is 11.3 Å². The summed E-state index contributed by atoms with van der Waals surface area (Å²) in [5.41, 5.74) is 1.96. The van der Waals surface area contributed by atoms with Gasteiger partial charge in [-0.15, -0.1) is 0 Å². The molecule has 4 heterocycles. The first-order valence-electron chi connectivity index (χ1n) is 18.6. The van der Waals surface area contributed by atoms with Gasteiger partial charge in [-0.05, 0) is 116 Å². The number of carbonyl (C=O) groups excluding carboxylic acids is 2. The van der Waals surface area contributed by atoms with Crippen LogP contribution in [0.25, 0.3) is 22.3 Å². The molecule has 0 unspecified atom stereocenters. The summed E-state index contributed by atoms with van der Waals surface area (Å²) in [4.78, 5) is 41.5. The van der Waals surface area contributed by atoms with Crippen molar-refractivity contribution in [1.29, 1.82) is 0 Å². The summed E-state index contributed by atoms with van der Waals surface area (Å²) in [6, 6.07) is 10.2. The van der Waals surface area contributed by atoms with E-state index in [9.17, 15) is 18.4 Å². The van der Waals surface area contributed by atoms with Gasteiger partial charge in [-0.2, -0.15) is 0 Å². The summed E-state index contributed by atoms with van der Waals surface area (Å²) in [6.45, 7) is 12.5. The van der Waals surface area contributed by atoms with Gasteiger partial charge in [-0.3, -0.25) is 14.5 Å². The van der Waals surface area contributed by atoms with Crippen molar-refractivity contribution in [2.45, 2.75) is 115 Å². The smallest absolute Gasteiger partial charge is 0.261 e. The molecule has 1 saturated heterocycles. The number of benzene rings is 2. The number of aromatic nitrogens is 3. The van der Waals surface area contributed by atoms with Crippen LogP contribution in [0.4, 0.5) is 30.4 Å². The fraction of sp³-hybridized carbons (Fsp3) is 0.500. The van der Waals surface area contributed by atoms with E-state index in [4.69, 9.17) is 16.6 Å². The highest BCUT2D eigenvalue weighted by Crippen LogP contribution is 2.51. The first-order valence-corrected chi connectivity index (χ1v) is 19.0. The predicted molar refractivity (Wildman–Crippen MR) is 201 cm³/mol. The van der Waals surface area contributed by atoms with Crippen LogP contribution in [0, 0.1) is 5.82 Å². The fourth-order valence-electron chi connectivity index (χ4n) is 8.60. The molecule has 3 fully saturated rings. The number of nitrogens with zero attached hydrogens (tertiary/aromatic N) is 5. The van der Waals surface area contributed by atoms with Gasteiger partial charge in [0.2, 0.25) is 5.91 Å². The van der Waals surface area contributed by atoms with Gasteiger partial charge in [-0.25, -0.2) is 23.1 Å². The van der Waals surface area contributed by atoms with Gasteiger partial charge < -0.3 is 20.1 Å². The maximum absolute atomic E-state index is 15.6. The number of imidazole rings is 1. The fourth-order valence-corrected chi connectivity index (χ4v) is 8.83. The molecule has 2 N–H and O–H groups in total. The highest BCUT2D eigenvalue weighted by Gasteiger charge is 2.54. The second-order valence-corrected chi connectivity index (χ2v) is 16.9. The van der Waals surface area contributed by atoms with Gasteiger partial charge in [0, 0.05) is 28.9 Å². The quantitative estimate of drug-likeness (QED) is 0.178. The molecule has 0 bridgehead atoms. The first kappa shape index (κ1) is 35.8. The molecule has 2 aliphatic heterocycles. The van der Waals surface area contributed by atoms with Gasteiger partial charge in [-0.1, -0.05) is 30.2 Å². The van der Waals surface area contributed by atoms with Crippen molar-refractivity contribution < 1.29 is 22.8 Å². The topological polar surface area (TPSA) is 95.4 Å². The number of hydrogen-bond acceptors (Lipinski definition) is 6. The van der Waals surface area contributed by atoms with Crippen LogP contribution in [-0.4, -0.2) is 67.9 Å². The van der Waals surface area contributed by atoms with Crippen LogP contribution in [0.3, 0.4) is 0 Å². The highest BCUT2D eigenvalue weighted by molar-refractivity contribution is 6.34. The molecular formula is C40H45ClF3N7O2. The maximum Gasteiger partial charge on any atom is 0.261 e. The number of hydrogen-bond donors (Lipinski definition) is 2. The Morgan fingerprint density at radius 1 is 1.02 bits per heavy atom. The normalized spacial score (nSPS) is 23.4. The molecule has 9 nitrogen and oxygen atoms in total. The molecule has 4 aromatic rings. The average molecular weight is 748 g/mol. The third-order valence-electron chi connectivity index (χ3n) is 12.0. The molecule has 8 rings (SSSR count). The minimum absolute atomic E-state index is 0.0198. The van der Waals surface area contributed by atoms with Gasteiger partial charge in [0.05, 0.1) is 39.2 Å². The van der Waals surface area contributed by atoms with E-state index in [2.05, 4.69) is 27.4 Å². The molecule has 0 spiro atoms. The zero-order valence-corrected chi connectivity index (χ0v) is 31.5. The predicted octanol–water partition coefficient (Wildman–Crippen LogP) is 8.77. The second kappa shape index (κ2) is 12.7. The monoisotopic (exact) mass is 747 g/mol. The number of anilines is 3. The van der Waals surface area contributed by atoms with Gasteiger partial charge in [0.15, 0.2) is 5.82 Å². The van der Waals surface area contributed by atoms with Crippen LogP contribution in [-0.2, 0) is 10.2 Å². The summed E-state index contributed by atoms with van der Waals surface area (Å²) >= 11 is 6.28. The van der Waals surface area contributed by atoms with Crippen LogP contribution in [0.15, 0.2) is 42.7 Å². The minimum Gasteiger partial charge on any atom is -0.341 e. The molecule has 0 atom stereocenters. The molecule has 4 aliphatic rings. The number of pyridine rings is 1. The Morgan fingerprint density at radius 3 is 2.40 bits per heavy atom. The maximum atomic E-state index is 15.6. The molecule has 2 aromatic carbocycles. The van der Waals surface area contributed by atoms with Crippen molar-refractivity contribution in [2.24, 2.45) is 0 Å². The lowest BCUT2D eigenvalue weighted by Crippen LogP contribution is -2.64. The lowest BCUT2D eigenvalue weighted by atomic mass is 9.71. The number of piperidine rings is 1. The summed E-state index contributed by atoms with van der Waals surface area (Å²) in [5, 5.41) is 5.29. The van der Waals surface area contributed by atoms with Crippen molar-refractivity contribution in [1.82, 2.24) is 24.8 Å². The Labute approximate surface area is 312 Å². The standard InChI is InChI=1S/C40H45ClF3N7O2/c1-22(2)50-21-45-31-18-29(46-34(33(31)50)47-30-16-25(27(41)17-28(30)42)35(52)48-40(11-12-40)36(43)44)23-9-10-26-32(15-23)51(37(53)38(26,3)4)24-19-39(5,20-24)49-13-7-6-8-14-49/h9-10,15-18,21-22,24,36H,6-8,11-14,19-20H2,1-5H3,(H,46,47)(H,48,52). The molecule has 2 aliphatic carbocycles. The van der Waals surface area contributed by atoms with Crippen molar-refractivity contribution in [2.75, 3.05) is 23.3 Å². The molecule has 2 saturated carbocycles. The third kappa shape index (κ3) is 5.96. The van der Waals surface area contributed by atoms with Crippen LogP contribution in [0.5, 0.6) is 0 Å². The van der Waals surface area contributed by atoms with Crippen LogP contribution >= 0.6 is 11.6 Å². The lowest BCUT2D eigenvalue weighted by Gasteiger charge is -2.55. The summed E-state index contributed by atoms with van der Waals surface area (Å²) < 4.78 is 44.8. The van der Waals surface area contributed by atoms with Crippen LogP contribution < -0.4 is 15.5 Å². The molecule has 0 radical (unpaired) electrons. The number of likely N-dealkylation sites (tertiary alicyclic amines) is 1. The van der Waals surface area contributed by atoms with Gasteiger partial charge in [0.25, 0.3) is 12.3 Å². The number of halogens is 4. The van der Waals surface area contributed by atoms with E-state index in [1.165, 1.54) is 25.3 Å². The molecular weight excluding hydrogens is 703 g/mol. The number of amides is 2. The summed E-state index contributed by atoms with van der Waals surface area (Å²) in [7, 11) is 0. The highest BCUT2D eigenvalue weighted by atomic mass is 35.5. The summed E-state index contributed by atoms with van der Waals surface area (Å²) in [5.74, 6) is -1.18. The Morgan fingerprint density at radius 2 is 1.74 bits per heavy atom. The van der Waals surface area contributed by atoms with Crippen molar-refractivity contribution in [3.05, 3.63) is 64.7 Å². The van der Waals surface area contributed by atoms with E-state index in [1.54, 1.807) is 6.33 Å². The number of fused-ring (bicyclic) bond motifs is 2. The number of rotatable bonds is 9. The largest absolute Gasteiger partial charge is 0.341 e. The van der Waals surface area contributed by atoms with E-state index < -0.39 is 29.1 Å². The van der Waals surface area contributed by atoms with E-state index in [0.717, 1.165) is 48.8 Å². The summed E-state index contributed by atoms with van der Waals surface area (Å²) in [6.07, 6.45) is 4.81. The molecule has 2 aromatic heterocycles. The van der Waals surface area contributed by atoms with Gasteiger partial charge in [0.1, 0.15) is 16.9 Å².